The van der Waals surface area contributed by atoms with Crippen molar-refractivity contribution < 1.29 is 13.9 Å². The van der Waals surface area contributed by atoms with E-state index in [1.807, 2.05) is 20.8 Å². The van der Waals surface area contributed by atoms with E-state index in [0.29, 0.717) is 21.9 Å². The molecule has 2 N–H and O–H groups in total. The Hall–Kier alpha value is -1.75. The number of furan rings is 1. The summed E-state index contributed by atoms with van der Waals surface area (Å²) in [5, 5.41) is 2.24. The van der Waals surface area contributed by atoms with Crippen molar-refractivity contribution in [2.45, 2.75) is 26.4 Å². The molecule has 0 unspecified atom stereocenters. The second kappa shape index (κ2) is 4.49. The Morgan fingerprint density at radius 3 is 2.72 bits per heavy atom. The number of thiophene rings is 1. The van der Waals surface area contributed by atoms with Gasteiger partial charge in [-0.2, -0.15) is 0 Å². The van der Waals surface area contributed by atoms with Crippen LogP contribution in [-0.2, 0) is 4.74 Å². The second-order valence-corrected chi connectivity index (χ2v) is 5.78. The van der Waals surface area contributed by atoms with Crippen molar-refractivity contribution in [3.63, 3.8) is 0 Å². The molecule has 2 rings (SSSR count). The Kier molecular flexibility index (Phi) is 3.17. The minimum atomic E-state index is -0.550. The number of carbonyl (C=O) groups excluding carboxylic acids is 1. The van der Waals surface area contributed by atoms with E-state index < -0.39 is 11.6 Å². The SMILES string of the molecule is CC(C)(C)OC(=O)c1c(-c2ccco2)csc1N. The van der Waals surface area contributed by atoms with E-state index in [2.05, 4.69) is 0 Å². The maximum Gasteiger partial charge on any atom is 0.342 e. The molecular weight excluding hydrogens is 250 g/mol. The van der Waals surface area contributed by atoms with E-state index in [-0.39, 0.29) is 0 Å². The van der Waals surface area contributed by atoms with Crippen molar-refractivity contribution in [2.75, 3.05) is 5.73 Å². The van der Waals surface area contributed by atoms with Gasteiger partial charge in [-0.05, 0) is 32.9 Å². The number of carbonyl (C=O) groups is 1. The molecule has 2 heterocycles. The van der Waals surface area contributed by atoms with Crippen LogP contribution in [0.3, 0.4) is 0 Å². The van der Waals surface area contributed by atoms with Crippen LogP contribution >= 0.6 is 11.3 Å². The first kappa shape index (κ1) is 12.7. The molecular formula is C13H15NO3S. The number of ether oxygens (including phenoxy) is 1. The van der Waals surface area contributed by atoms with Crippen LogP contribution in [0, 0.1) is 0 Å². The Bertz CT molecular complexity index is 549. The molecule has 0 saturated carbocycles. The number of rotatable bonds is 2. The van der Waals surface area contributed by atoms with Crippen molar-refractivity contribution >= 4 is 22.3 Å². The van der Waals surface area contributed by atoms with Gasteiger partial charge in [0.1, 0.15) is 21.9 Å². The highest BCUT2D eigenvalue weighted by Crippen LogP contribution is 2.35. The summed E-state index contributed by atoms with van der Waals surface area (Å²) in [6.45, 7) is 5.46. The Morgan fingerprint density at radius 1 is 1.44 bits per heavy atom. The minimum Gasteiger partial charge on any atom is -0.464 e. The third kappa shape index (κ3) is 2.56. The third-order valence-corrected chi connectivity index (χ3v) is 3.02. The van der Waals surface area contributed by atoms with E-state index in [4.69, 9.17) is 14.9 Å². The summed E-state index contributed by atoms with van der Waals surface area (Å²) in [4.78, 5) is 12.1. The highest BCUT2D eigenvalue weighted by Gasteiger charge is 2.25. The van der Waals surface area contributed by atoms with Crippen LogP contribution in [0.1, 0.15) is 31.1 Å². The van der Waals surface area contributed by atoms with Crippen LogP contribution in [0.5, 0.6) is 0 Å². The first-order chi connectivity index (χ1) is 8.38. The molecule has 0 bridgehead atoms. The largest absolute Gasteiger partial charge is 0.464 e. The van der Waals surface area contributed by atoms with Crippen LogP contribution in [0.25, 0.3) is 11.3 Å². The van der Waals surface area contributed by atoms with Gasteiger partial charge in [-0.1, -0.05) is 0 Å². The molecule has 0 saturated heterocycles. The molecule has 0 atom stereocenters. The molecule has 96 valence electrons. The van der Waals surface area contributed by atoms with E-state index in [9.17, 15) is 4.79 Å². The van der Waals surface area contributed by atoms with Crippen molar-refractivity contribution in [3.8, 4) is 11.3 Å². The van der Waals surface area contributed by atoms with Crippen LogP contribution in [0.4, 0.5) is 5.00 Å². The molecule has 0 aliphatic carbocycles. The van der Waals surface area contributed by atoms with Gasteiger partial charge in [-0.15, -0.1) is 11.3 Å². The standard InChI is InChI=1S/C13H15NO3S/c1-13(2,3)17-12(15)10-8(7-18-11(10)14)9-5-4-6-16-9/h4-7H,14H2,1-3H3. The number of anilines is 1. The molecule has 0 aliphatic heterocycles. The second-order valence-electron chi connectivity index (χ2n) is 4.87. The van der Waals surface area contributed by atoms with Gasteiger partial charge in [-0.3, -0.25) is 0 Å². The van der Waals surface area contributed by atoms with Crippen LogP contribution < -0.4 is 5.73 Å². The van der Waals surface area contributed by atoms with E-state index in [1.54, 1.807) is 23.8 Å². The fourth-order valence-electron chi connectivity index (χ4n) is 1.53. The quantitative estimate of drug-likeness (QED) is 0.843. The minimum absolute atomic E-state index is 0.380. The Labute approximate surface area is 109 Å². The molecule has 0 amide bonds. The summed E-state index contributed by atoms with van der Waals surface area (Å²) in [6, 6.07) is 3.55. The van der Waals surface area contributed by atoms with Gasteiger partial charge in [0.05, 0.1) is 6.26 Å². The summed E-state index contributed by atoms with van der Waals surface area (Å²) >= 11 is 1.30. The topological polar surface area (TPSA) is 65.5 Å². The van der Waals surface area contributed by atoms with Gasteiger partial charge in [0.15, 0.2) is 0 Å². The van der Waals surface area contributed by atoms with Crippen molar-refractivity contribution in [1.29, 1.82) is 0 Å². The van der Waals surface area contributed by atoms with Gasteiger partial charge >= 0.3 is 5.97 Å². The summed E-state index contributed by atoms with van der Waals surface area (Å²) in [5.41, 5.74) is 6.35. The molecule has 0 aromatic carbocycles. The average molecular weight is 265 g/mol. The molecule has 0 aliphatic rings. The predicted molar refractivity (Wildman–Crippen MR) is 71.6 cm³/mol. The van der Waals surface area contributed by atoms with Gasteiger partial charge in [0, 0.05) is 10.9 Å². The lowest BCUT2D eigenvalue weighted by atomic mass is 10.1. The third-order valence-electron chi connectivity index (χ3n) is 2.21. The first-order valence-electron chi connectivity index (χ1n) is 5.52. The molecule has 0 fully saturated rings. The molecule has 0 radical (unpaired) electrons. The lowest BCUT2D eigenvalue weighted by Crippen LogP contribution is -2.24. The lowest BCUT2D eigenvalue weighted by molar-refractivity contribution is 0.00720. The maximum absolute atomic E-state index is 12.1. The molecule has 0 spiro atoms. The van der Waals surface area contributed by atoms with Gasteiger partial charge in [0.25, 0.3) is 0 Å². The Balaban J connectivity index is 2.39. The van der Waals surface area contributed by atoms with Gasteiger partial charge in [-0.25, -0.2) is 4.79 Å². The number of hydrogen-bond acceptors (Lipinski definition) is 5. The number of hydrogen-bond donors (Lipinski definition) is 1. The fourth-order valence-corrected chi connectivity index (χ4v) is 2.32. The zero-order valence-corrected chi connectivity index (χ0v) is 11.3. The molecule has 5 heteroatoms. The molecule has 2 aromatic rings. The number of esters is 1. The molecule has 2 aromatic heterocycles. The number of nitrogen functional groups attached to an aromatic ring is 1. The zero-order valence-electron chi connectivity index (χ0n) is 10.5. The summed E-state index contributed by atoms with van der Waals surface area (Å²) in [5.74, 6) is 0.191. The normalized spacial score (nSPS) is 11.5. The summed E-state index contributed by atoms with van der Waals surface area (Å²) < 4.78 is 10.6. The summed E-state index contributed by atoms with van der Waals surface area (Å²) in [7, 11) is 0. The average Bonchev–Trinajstić information content (AvgIpc) is 2.82. The van der Waals surface area contributed by atoms with Crippen LogP contribution in [-0.4, -0.2) is 11.6 Å². The monoisotopic (exact) mass is 265 g/mol. The maximum atomic E-state index is 12.1. The smallest absolute Gasteiger partial charge is 0.342 e. The fraction of sp³-hybridized carbons (Fsp3) is 0.308. The van der Waals surface area contributed by atoms with E-state index in [1.165, 1.54) is 11.3 Å². The molecule has 18 heavy (non-hydrogen) atoms. The van der Waals surface area contributed by atoms with E-state index in [0.717, 1.165) is 0 Å². The van der Waals surface area contributed by atoms with Crippen molar-refractivity contribution in [1.82, 2.24) is 0 Å². The van der Waals surface area contributed by atoms with Crippen molar-refractivity contribution in [3.05, 3.63) is 29.3 Å². The highest BCUT2D eigenvalue weighted by atomic mass is 32.1. The van der Waals surface area contributed by atoms with E-state index >= 15 is 0 Å². The predicted octanol–water partition coefficient (Wildman–Crippen LogP) is 3.55. The van der Waals surface area contributed by atoms with Gasteiger partial charge < -0.3 is 14.9 Å². The first-order valence-corrected chi connectivity index (χ1v) is 6.40. The van der Waals surface area contributed by atoms with Crippen molar-refractivity contribution in [2.24, 2.45) is 0 Å². The lowest BCUT2D eigenvalue weighted by Gasteiger charge is -2.19. The molecule has 4 nitrogen and oxygen atoms in total. The van der Waals surface area contributed by atoms with Crippen LogP contribution in [0.2, 0.25) is 0 Å². The number of nitrogens with two attached hydrogens (primary N) is 1. The van der Waals surface area contributed by atoms with Gasteiger partial charge in [0.2, 0.25) is 0 Å². The highest BCUT2D eigenvalue weighted by molar-refractivity contribution is 7.14. The zero-order chi connectivity index (χ0) is 13.3. The summed E-state index contributed by atoms with van der Waals surface area (Å²) in [6.07, 6.45) is 1.56. The van der Waals surface area contributed by atoms with Crippen LogP contribution in [0.15, 0.2) is 28.2 Å². The Morgan fingerprint density at radius 2 is 2.17 bits per heavy atom.